The van der Waals surface area contributed by atoms with Gasteiger partial charge < -0.3 is 10.6 Å². The second-order valence-corrected chi connectivity index (χ2v) is 4.77. The third-order valence-corrected chi connectivity index (χ3v) is 2.78. The van der Waals surface area contributed by atoms with Crippen LogP contribution in [0.15, 0.2) is 24.3 Å². The minimum absolute atomic E-state index is 0.658. The number of nitrogens with one attached hydrogen (secondary N) is 2. The molecule has 0 aliphatic carbocycles. The Morgan fingerprint density at radius 1 is 1.00 bits per heavy atom. The van der Waals surface area contributed by atoms with E-state index in [1.54, 1.807) is 0 Å². The first-order chi connectivity index (χ1) is 9.67. The average Bonchev–Trinajstić information content (AvgIpc) is 2.42. The monoisotopic (exact) mass is 271 g/mol. The predicted octanol–water partition coefficient (Wildman–Crippen LogP) is 2.92. The summed E-state index contributed by atoms with van der Waals surface area (Å²) in [5.74, 6) is 1.49. The number of aryl methyl sites for hydroxylation is 2. The molecule has 0 amide bonds. The normalized spacial score (nSPS) is 10.3. The minimum atomic E-state index is 0.658. The average molecular weight is 271 g/mol. The largest absolute Gasteiger partial charge is 0.364 e. The van der Waals surface area contributed by atoms with Crippen LogP contribution in [0.2, 0.25) is 0 Å². The number of rotatable bonds is 6. The molecule has 0 saturated carbocycles. The van der Waals surface area contributed by atoms with Gasteiger partial charge in [-0.1, -0.05) is 13.0 Å². The van der Waals surface area contributed by atoms with Gasteiger partial charge in [0.1, 0.15) is 5.82 Å². The summed E-state index contributed by atoms with van der Waals surface area (Å²) in [5, 5.41) is 6.50. The first-order valence-electron chi connectivity index (χ1n) is 6.93. The van der Waals surface area contributed by atoms with E-state index in [9.17, 15) is 0 Å². The fourth-order valence-corrected chi connectivity index (χ4v) is 1.85. The summed E-state index contributed by atoms with van der Waals surface area (Å²) in [7, 11) is 0. The van der Waals surface area contributed by atoms with E-state index >= 15 is 0 Å². The number of nitrogens with zero attached hydrogens (tertiary/aromatic N) is 3. The Kier molecular flexibility index (Phi) is 4.87. The van der Waals surface area contributed by atoms with Crippen molar-refractivity contribution < 1.29 is 0 Å². The maximum atomic E-state index is 4.46. The molecule has 2 rings (SSSR count). The number of anilines is 2. The van der Waals surface area contributed by atoms with Gasteiger partial charge in [0.25, 0.3) is 0 Å². The highest BCUT2D eigenvalue weighted by molar-refractivity contribution is 5.42. The number of aromatic nitrogens is 3. The van der Waals surface area contributed by atoms with E-state index in [1.807, 2.05) is 38.1 Å². The minimum Gasteiger partial charge on any atom is -0.364 e. The Morgan fingerprint density at radius 2 is 1.85 bits per heavy atom. The van der Waals surface area contributed by atoms with Gasteiger partial charge in [-0.2, -0.15) is 4.98 Å². The Balaban J connectivity index is 2.03. The Labute approximate surface area is 119 Å². The molecule has 106 valence electrons. The van der Waals surface area contributed by atoms with E-state index in [2.05, 4.69) is 32.5 Å². The van der Waals surface area contributed by atoms with Gasteiger partial charge in [0, 0.05) is 24.0 Å². The van der Waals surface area contributed by atoms with E-state index in [-0.39, 0.29) is 0 Å². The summed E-state index contributed by atoms with van der Waals surface area (Å²) in [4.78, 5) is 13.3. The second-order valence-electron chi connectivity index (χ2n) is 4.77. The second kappa shape index (κ2) is 6.84. The van der Waals surface area contributed by atoms with Crippen LogP contribution in [-0.2, 0) is 6.54 Å². The van der Waals surface area contributed by atoms with Crippen LogP contribution in [0.3, 0.4) is 0 Å². The standard InChI is InChI=1S/C15H21N5/c1-4-8-16-15-19-12(3)9-14(20-15)17-10-13-7-5-6-11(2)18-13/h5-7,9H,4,8,10H2,1-3H3,(H2,16,17,19,20). The van der Waals surface area contributed by atoms with Crippen molar-refractivity contribution in [1.29, 1.82) is 0 Å². The van der Waals surface area contributed by atoms with Crippen molar-refractivity contribution in [1.82, 2.24) is 15.0 Å². The summed E-state index contributed by atoms with van der Waals surface area (Å²) >= 11 is 0. The highest BCUT2D eigenvalue weighted by Gasteiger charge is 2.02. The van der Waals surface area contributed by atoms with Gasteiger partial charge >= 0.3 is 0 Å². The van der Waals surface area contributed by atoms with Crippen molar-refractivity contribution >= 4 is 11.8 Å². The van der Waals surface area contributed by atoms with Crippen molar-refractivity contribution in [2.45, 2.75) is 33.7 Å². The molecular formula is C15H21N5. The summed E-state index contributed by atoms with van der Waals surface area (Å²) in [6, 6.07) is 7.95. The summed E-state index contributed by atoms with van der Waals surface area (Å²) < 4.78 is 0. The van der Waals surface area contributed by atoms with Crippen LogP contribution in [0.1, 0.15) is 30.4 Å². The number of hydrogen-bond donors (Lipinski definition) is 2. The van der Waals surface area contributed by atoms with Crippen LogP contribution in [0, 0.1) is 13.8 Å². The molecule has 0 aliphatic rings. The van der Waals surface area contributed by atoms with Crippen molar-refractivity contribution in [3.05, 3.63) is 41.3 Å². The summed E-state index contributed by atoms with van der Waals surface area (Å²) in [6.45, 7) is 7.61. The predicted molar refractivity (Wildman–Crippen MR) is 81.9 cm³/mol. The third-order valence-electron chi connectivity index (χ3n) is 2.78. The highest BCUT2D eigenvalue weighted by Crippen LogP contribution is 2.11. The highest BCUT2D eigenvalue weighted by atomic mass is 15.1. The van der Waals surface area contributed by atoms with Gasteiger partial charge in [-0.25, -0.2) is 4.98 Å². The third kappa shape index (κ3) is 4.19. The van der Waals surface area contributed by atoms with Gasteiger partial charge in [0.2, 0.25) is 5.95 Å². The molecule has 0 radical (unpaired) electrons. The van der Waals surface area contributed by atoms with E-state index in [4.69, 9.17) is 0 Å². The number of hydrogen-bond acceptors (Lipinski definition) is 5. The summed E-state index contributed by atoms with van der Waals surface area (Å²) in [6.07, 6.45) is 1.05. The molecule has 20 heavy (non-hydrogen) atoms. The zero-order valence-corrected chi connectivity index (χ0v) is 12.3. The van der Waals surface area contributed by atoms with E-state index in [1.165, 1.54) is 0 Å². The van der Waals surface area contributed by atoms with Crippen molar-refractivity contribution in [2.75, 3.05) is 17.2 Å². The van der Waals surface area contributed by atoms with E-state index in [0.717, 1.165) is 35.9 Å². The first kappa shape index (κ1) is 14.2. The van der Waals surface area contributed by atoms with Crippen LogP contribution in [-0.4, -0.2) is 21.5 Å². The molecule has 5 heteroatoms. The van der Waals surface area contributed by atoms with Gasteiger partial charge in [0.05, 0.1) is 12.2 Å². The fraction of sp³-hybridized carbons (Fsp3) is 0.400. The maximum Gasteiger partial charge on any atom is 0.224 e. The SMILES string of the molecule is CCCNc1nc(C)cc(NCc2cccc(C)n2)n1. The smallest absolute Gasteiger partial charge is 0.224 e. The van der Waals surface area contributed by atoms with Crippen LogP contribution in [0.5, 0.6) is 0 Å². The number of pyridine rings is 1. The molecule has 2 aromatic rings. The maximum absolute atomic E-state index is 4.46. The van der Waals surface area contributed by atoms with Crippen molar-refractivity contribution in [2.24, 2.45) is 0 Å². The Bertz CT molecular complexity index is 568. The zero-order chi connectivity index (χ0) is 14.4. The van der Waals surface area contributed by atoms with Gasteiger partial charge in [-0.3, -0.25) is 4.98 Å². The van der Waals surface area contributed by atoms with Crippen LogP contribution >= 0.6 is 0 Å². The molecule has 2 N–H and O–H groups in total. The quantitative estimate of drug-likeness (QED) is 0.845. The van der Waals surface area contributed by atoms with Crippen LogP contribution in [0.25, 0.3) is 0 Å². The molecule has 0 aromatic carbocycles. The van der Waals surface area contributed by atoms with Crippen molar-refractivity contribution in [3.8, 4) is 0 Å². The molecule has 2 heterocycles. The molecule has 0 fully saturated rings. The molecule has 0 unspecified atom stereocenters. The van der Waals surface area contributed by atoms with Crippen LogP contribution in [0.4, 0.5) is 11.8 Å². The van der Waals surface area contributed by atoms with E-state index < -0.39 is 0 Å². The summed E-state index contributed by atoms with van der Waals surface area (Å²) in [5.41, 5.74) is 2.97. The lowest BCUT2D eigenvalue weighted by atomic mass is 10.3. The molecule has 0 saturated heterocycles. The van der Waals surface area contributed by atoms with Gasteiger partial charge in [-0.05, 0) is 32.4 Å². The molecule has 2 aromatic heterocycles. The van der Waals surface area contributed by atoms with Crippen LogP contribution < -0.4 is 10.6 Å². The Morgan fingerprint density at radius 3 is 2.60 bits per heavy atom. The Hall–Kier alpha value is -2.17. The molecular weight excluding hydrogens is 250 g/mol. The van der Waals surface area contributed by atoms with Crippen molar-refractivity contribution in [3.63, 3.8) is 0 Å². The lowest BCUT2D eigenvalue weighted by Crippen LogP contribution is -2.09. The fourth-order valence-electron chi connectivity index (χ4n) is 1.85. The van der Waals surface area contributed by atoms with Gasteiger partial charge in [0.15, 0.2) is 0 Å². The molecule has 0 atom stereocenters. The lowest BCUT2D eigenvalue weighted by molar-refractivity contribution is 0.940. The van der Waals surface area contributed by atoms with Gasteiger partial charge in [-0.15, -0.1) is 0 Å². The molecule has 0 spiro atoms. The lowest BCUT2D eigenvalue weighted by Gasteiger charge is -2.09. The molecule has 5 nitrogen and oxygen atoms in total. The molecule has 0 bridgehead atoms. The van der Waals surface area contributed by atoms with E-state index in [0.29, 0.717) is 12.5 Å². The first-order valence-corrected chi connectivity index (χ1v) is 6.93. The molecule has 0 aliphatic heterocycles. The zero-order valence-electron chi connectivity index (χ0n) is 12.3. The topological polar surface area (TPSA) is 62.7 Å².